The summed E-state index contributed by atoms with van der Waals surface area (Å²) in [7, 11) is 0. The lowest BCUT2D eigenvalue weighted by Gasteiger charge is -2.25. The van der Waals surface area contributed by atoms with Gasteiger partial charge in [-0.25, -0.2) is 9.59 Å². The Morgan fingerprint density at radius 3 is 2.62 bits per heavy atom. The first-order valence-electron chi connectivity index (χ1n) is 10.1. The molecule has 2 atom stereocenters. The summed E-state index contributed by atoms with van der Waals surface area (Å²) in [6, 6.07) is 15.5. The van der Waals surface area contributed by atoms with Gasteiger partial charge < -0.3 is 19.7 Å². The van der Waals surface area contributed by atoms with E-state index in [4.69, 9.17) is 24.9 Å². The molecular formula is C24H26N2O6. The molecule has 0 heterocycles. The predicted octanol–water partition coefficient (Wildman–Crippen LogP) is 4.28. The third-order valence-corrected chi connectivity index (χ3v) is 4.61. The normalized spacial score (nSPS) is 12.5. The lowest BCUT2D eigenvalue weighted by Crippen LogP contribution is -2.22. The second-order valence-electron chi connectivity index (χ2n) is 7.08. The maximum Gasteiger partial charge on any atom is 0.412 e. The van der Waals surface area contributed by atoms with Crippen LogP contribution in [0.1, 0.15) is 37.0 Å². The van der Waals surface area contributed by atoms with Gasteiger partial charge in [-0.1, -0.05) is 25.1 Å². The minimum absolute atomic E-state index is 0.122. The molecule has 0 fully saturated rings. The van der Waals surface area contributed by atoms with Crippen LogP contribution in [-0.4, -0.2) is 35.5 Å². The highest BCUT2D eigenvalue weighted by molar-refractivity contribution is 5.84. The van der Waals surface area contributed by atoms with E-state index in [1.165, 1.54) is 0 Å². The number of nitrogens with one attached hydrogen (secondary N) is 1. The molecule has 0 aliphatic rings. The summed E-state index contributed by atoms with van der Waals surface area (Å²) in [6.07, 6.45) is 2.46. The summed E-state index contributed by atoms with van der Waals surface area (Å²) >= 11 is 0. The number of ether oxygens (including phenoxy) is 2. The first-order chi connectivity index (χ1) is 15.4. The van der Waals surface area contributed by atoms with E-state index in [1.807, 2.05) is 19.1 Å². The number of aliphatic hydroxyl groups is 1. The number of carboxylic acid groups (broad SMARTS) is 1. The Balaban J connectivity index is 2.15. The molecule has 2 rings (SSSR count). The maximum absolute atomic E-state index is 12.6. The molecule has 2 aromatic carbocycles. The number of hydrogen-bond acceptors (Lipinski definition) is 6. The highest BCUT2D eigenvalue weighted by Gasteiger charge is 2.24. The van der Waals surface area contributed by atoms with E-state index in [2.05, 4.69) is 5.32 Å². The van der Waals surface area contributed by atoms with Crippen LogP contribution >= 0.6 is 0 Å². The van der Waals surface area contributed by atoms with E-state index in [0.29, 0.717) is 35.4 Å². The molecule has 8 heteroatoms. The Morgan fingerprint density at radius 2 is 1.97 bits per heavy atom. The van der Waals surface area contributed by atoms with Crippen molar-refractivity contribution in [2.75, 3.05) is 18.5 Å². The average Bonchev–Trinajstić information content (AvgIpc) is 2.79. The molecule has 168 valence electrons. The van der Waals surface area contributed by atoms with Crippen LogP contribution in [0.4, 0.5) is 10.5 Å². The van der Waals surface area contributed by atoms with Crippen LogP contribution in [0.2, 0.25) is 0 Å². The summed E-state index contributed by atoms with van der Waals surface area (Å²) in [5.41, 5.74) is 1.68. The topological polar surface area (TPSA) is 129 Å². The SMILES string of the molecule is C[C@@H](CC/C=C/C(=O)O)[C@H](OC(=O)Nc1ccc(C#N)cc1)c1cccc(OCCO)c1. The zero-order valence-corrected chi connectivity index (χ0v) is 17.7. The van der Waals surface area contributed by atoms with Crippen molar-refractivity contribution in [3.8, 4) is 11.8 Å². The minimum atomic E-state index is -1.01. The summed E-state index contributed by atoms with van der Waals surface area (Å²) in [4.78, 5) is 23.2. The molecule has 0 aliphatic carbocycles. The number of carbonyl (C=O) groups excluding carboxylic acids is 1. The van der Waals surface area contributed by atoms with Crippen molar-refractivity contribution < 1.29 is 29.3 Å². The van der Waals surface area contributed by atoms with Crippen molar-refractivity contribution in [3.05, 3.63) is 71.8 Å². The van der Waals surface area contributed by atoms with Crippen molar-refractivity contribution in [1.29, 1.82) is 5.26 Å². The second kappa shape index (κ2) is 12.8. The van der Waals surface area contributed by atoms with Gasteiger partial charge >= 0.3 is 12.1 Å². The van der Waals surface area contributed by atoms with E-state index in [0.717, 1.165) is 6.08 Å². The van der Waals surface area contributed by atoms with Gasteiger partial charge in [0.1, 0.15) is 18.5 Å². The minimum Gasteiger partial charge on any atom is -0.491 e. The van der Waals surface area contributed by atoms with Crippen LogP contribution < -0.4 is 10.1 Å². The Kier molecular flexibility index (Phi) is 9.75. The van der Waals surface area contributed by atoms with Gasteiger partial charge in [-0.2, -0.15) is 5.26 Å². The summed E-state index contributed by atoms with van der Waals surface area (Å²) in [5.74, 6) is -0.607. The van der Waals surface area contributed by atoms with Crippen molar-refractivity contribution in [2.24, 2.45) is 5.92 Å². The Morgan fingerprint density at radius 1 is 1.22 bits per heavy atom. The number of carbonyl (C=O) groups is 2. The zero-order chi connectivity index (χ0) is 23.3. The number of nitrogens with zero attached hydrogens (tertiary/aromatic N) is 1. The van der Waals surface area contributed by atoms with Crippen LogP contribution in [0, 0.1) is 17.2 Å². The van der Waals surface area contributed by atoms with Crippen LogP contribution in [0.25, 0.3) is 0 Å². The number of rotatable bonds is 11. The van der Waals surface area contributed by atoms with E-state index in [-0.39, 0.29) is 19.1 Å². The van der Waals surface area contributed by atoms with Crippen LogP contribution in [0.3, 0.4) is 0 Å². The highest BCUT2D eigenvalue weighted by Crippen LogP contribution is 2.32. The molecule has 0 aromatic heterocycles. The molecule has 0 saturated heterocycles. The van der Waals surface area contributed by atoms with Crippen LogP contribution in [0.15, 0.2) is 60.7 Å². The molecule has 3 N–H and O–H groups in total. The fourth-order valence-electron chi connectivity index (χ4n) is 3.04. The van der Waals surface area contributed by atoms with Gasteiger partial charge in [0, 0.05) is 11.8 Å². The number of hydrogen-bond donors (Lipinski definition) is 3. The van der Waals surface area contributed by atoms with E-state index in [1.54, 1.807) is 48.5 Å². The summed E-state index contributed by atoms with van der Waals surface area (Å²) in [5, 5.41) is 29.3. The number of anilines is 1. The van der Waals surface area contributed by atoms with Crippen LogP contribution in [-0.2, 0) is 9.53 Å². The molecular weight excluding hydrogens is 412 g/mol. The highest BCUT2D eigenvalue weighted by atomic mass is 16.6. The second-order valence-corrected chi connectivity index (χ2v) is 7.08. The Hall–Kier alpha value is -3.83. The number of aliphatic hydroxyl groups excluding tert-OH is 1. The molecule has 0 radical (unpaired) electrons. The molecule has 0 unspecified atom stereocenters. The molecule has 0 saturated carbocycles. The van der Waals surface area contributed by atoms with Gasteiger partial charge in [-0.15, -0.1) is 0 Å². The molecule has 8 nitrogen and oxygen atoms in total. The number of allylic oxidation sites excluding steroid dienone is 1. The zero-order valence-electron chi connectivity index (χ0n) is 17.7. The van der Waals surface area contributed by atoms with Gasteiger partial charge in [-0.05, 0) is 60.7 Å². The third kappa shape index (κ3) is 8.13. The third-order valence-electron chi connectivity index (χ3n) is 4.61. The largest absolute Gasteiger partial charge is 0.491 e. The quantitative estimate of drug-likeness (QED) is 0.447. The van der Waals surface area contributed by atoms with Gasteiger partial charge in [-0.3, -0.25) is 5.32 Å². The van der Waals surface area contributed by atoms with Crippen molar-refractivity contribution in [1.82, 2.24) is 0 Å². The Labute approximate surface area is 186 Å². The standard InChI is InChI=1S/C24H26N2O6/c1-17(5-2-3-8-22(28)29)23(19-6-4-7-21(15-19)31-14-13-27)32-24(30)26-20-11-9-18(16-25)10-12-20/h3-4,6-12,15,17,23,27H,2,5,13-14H2,1H3,(H,26,30)(H,28,29)/b8-3+/t17-,23-/m0/s1. The van der Waals surface area contributed by atoms with Crippen molar-refractivity contribution in [3.63, 3.8) is 0 Å². The summed E-state index contributed by atoms with van der Waals surface area (Å²) < 4.78 is 11.2. The lowest BCUT2D eigenvalue weighted by molar-refractivity contribution is -0.131. The smallest absolute Gasteiger partial charge is 0.412 e. The van der Waals surface area contributed by atoms with Gasteiger partial charge in [0.15, 0.2) is 0 Å². The van der Waals surface area contributed by atoms with Gasteiger partial charge in [0.25, 0.3) is 0 Å². The van der Waals surface area contributed by atoms with Gasteiger partial charge in [0.2, 0.25) is 0 Å². The van der Waals surface area contributed by atoms with Gasteiger partial charge in [0.05, 0.1) is 18.2 Å². The first kappa shape index (κ1) is 24.4. The number of carboxylic acids is 1. The van der Waals surface area contributed by atoms with E-state index < -0.39 is 18.2 Å². The summed E-state index contributed by atoms with van der Waals surface area (Å²) in [6.45, 7) is 1.93. The van der Waals surface area contributed by atoms with E-state index in [9.17, 15) is 9.59 Å². The molecule has 0 aliphatic heterocycles. The average molecular weight is 438 g/mol. The first-order valence-corrected chi connectivity index (χ1v) is 10.1. The number of nitriles is 1. The lowest BCUT2D eigenvalue weighted by atomic mass is 9.93. The van der Waals surface area contributed by atoms with Crippen molar-refractivity contribution >= 4 is 17.7 Å². The molecule has 2 aromatic rings. The number of benzene rings is 2. The van der Waals surface area contributed by atoms with E-state index >= 15 is 0 Å². The number of aliphatic carboxylic acids is 1. The Bertz CT molecular complexity index is 965. The molecule has 0 bridgehead atoms. The molecule has 0 spiro atoms. The van der Waals surface area contributed by atoms with Crippen LogP contribution in [0.5, 0.6) is 5.75 Å². The van der Waals surface area contributed by atoms with Crippen molar-refractivity contribution in [2.45, 2.75) is 25.9 Å². The fourth-order valence-corrected chi connectivity index (χ4v) is 3.04. The maximum atomic E-state index is 12.6. The monoisotopic (exact) mass is 438 g/mol. The predicted molar refractivity (Wildman–Crippen MR) is 118 cm³/mol. The number of amides is 1. The molecule has 32 heavy (non-hydrogen) atoms. The fraction of sp³-hybridized carbons (Fsp3) is 0.292. The molecule has 1 amide bonds.